The van der Waals surface area contributed by atoms with E-state index >= 15 is 0 Å². The zero-order valence-electron chi connectivity index (χ0n) is 14.3. The lowest BCUT2D eigenvalue weighted by Crippen LogP contribution is -2.37. The van der Waals surface area contributed by atoms with Crippen LogP contribution in [-0.2, 0) is 13.0 Å². The Morgan fingerprint density at radius 2 is 1.81 bits per heavy atom. The summed E-state index contributed by atoms with van der Waals surface area (Å²) in [7, 11) is 0. The van der Waals surface area contributed by atoms with Crippen molar-refractivity contribution >= 4 is 0 Å². The quantitative estimate of drug-likeness (QED) is 0.767. The molecule has 21 heavy (non-hydrogen) atoms. The van der Waals surface area contributed by atoms with Crippen molar-refractivity contribution in [3.05, 3.63) is 35.4 Å². The number of hydrogen-bond donors (Lipinski definition) is 1. The van der Waals surface area contributed by atoms with Crippen LogP contribution in [0.4, 0.5) is 0 Å². The summed E-state index contributed by atoms with van der Waals surface area (Å²) in [5.74, 6) is 0.733. The lowest BCUT2D eigenvalue weighted by molar-refractivity contribution is 0.166. The summed E-state index contributed by atoms with van der Waals surface area (Å²) < 4.78 is 0. The third-order valence-electron chi connectivity index (χ3n) is 4.61. The van der Waals surface area contributed by atoms with Gasteiger partial charge >= 0.3 is 0 Å². The first kappa shape index (κ1) is 16.5. The van der Waals surface area contributed by atoms with Gasteiger partial charge in [0.25, 0.3) is 0 Å². The van der Waals surface area contributed by atoms with Crippen molar-refractivity contribution in [3.63, 3.8) is 0 Å². The highest BCUT2D eigenvalue weighted by atomic mass is 15.2. The van der Waals surface area contributed by atoms with E-state index in [1.165, 1.54) is 30.5 Å². The van der Waals surface area contributed by atoms with Crippen LogP contribution >= 0.6 is 0 Å². The average Bonchev–Trinajstić information content (AvgIpc) is 2.75. The maximum absolute atomic E-state index is 3.51. The highest BCUT2D eigenvalue weighted by Gasteiger charge is 2.31. The molecule has 1 aromatic rings. The third-order valence-corrected chi connectivity index (χ3v) is 4.61. The third kappa shape index (κ3) is 5.12. The molecule has 2 nitrogen and oxygen atoms in total. The first-order valence-electron chi connectivity index (χ1n) is 8.51. The van der Waals surface area contributed by atoms with Crippen LogP contribution in [0.1, 0.15) is 51.7 Å². The fraction of sp³-hybridized carbons (Fsp3) is 0.684. The lowest BCUT2D eigenvalue weighted by Gasteiger charge is -2.31. The van der Waals surface area contributed by atoms with E-state index in [0.29, 0.717) is 5.54 Å². The van der Waals surface area contributed by atoms with Gasteiger partial charge in [0.2, 0.25) is 0 Å². The maximum Gasteiger partial charge on any atom is 0.0239 e. The molecule has 1 aromatic carbocycles. The molecule has 2 rings (SSSR count). The van der Waals surface area contributed by atoms with Crippen molar-refractivity contribution in [2.24, 2.45) is 5.92 Å². The molecule has 1 heterocycles. The molecule has 2 heteroatoms. The van der Waals surface area contributed by atoms with Gasteiger partial charge in [0.05, 0.1) is 0 Å². The van der Waals surface area contributed by atoms with E-state index in [1.54, 1.807) is 0 Å². The predicted molar refractivity (Wildman–Crippen MR) is 91.6 cm³/mol. The van der Waals surface area contributed by atoms with Crippen LogP contribution in [0.2, 0.25) is 0 Å². The summed E-state index contributed by atoms with van der Waals surface area (Å²) in [5.41, 5.74) is 3.26. The number of benzene rings is 1. The first-order valence-corrected chi connectivity index (χ1v) is 8.51. The van der Waals surface area contributed by atoms with Gasteiger partial charge < -0.3 is 5.32 Å². The van der Waals surface area contributed by atoms with Crippen molar-refractivity contribution in [3.8, 4) is 0 Å². The zero-order valence-corrected chi connectivity index (χ0v) is 14.3. The second kappa shape index (κ2) is 7.42. The van der Waals surface area contributed by atoms with E-state index in [4.69, 9.17) is 0 Å². The molecule has 0 saturated carbocycles. The molecule has 1 fully saturated rings. The van der Waals surface area contributed by atoms with Gasteiger partial charge in [-0.2, -0.15) is 0 Å². The van der Waals surface area contributed by atoms with E-state index in [0.717, 1.165) is 32.0 Å². The summed E-state index contributed by atoms with van der Waals surface area (Å²) in [6, 6.07) is 9.23. The molecule has 0 bridgehead atoms. The van der Waals surface area contributed by atoms with E-state index in [9.17, 15) is 0 Å². The Balaban J connectivity index is 1.79. The Labute approximate surface area is 130 Å². The van der Waals surface area contributed by atoms with Crippen molar-refractivity contribution in [1.29, 1.82) is 0 Å². The minimum absolute atomic E-state index is 0.374. The summed E-state index contributed by atoms with van der Waals surface area (Å²) in [5, 5.41) is 3.51. The Morgan fingerprint density at radius 1 is 1.14 bits per heavy atom. The van der Waals surface area contributed by atoms with Crippen molar-refractivity contribution < 1.29 is 0 Å². The normalized spacial score (nSPS) is 18.5. The number of nitrogens with zero attached hydrogens (tertiary/aromatic N) is 1. The van der Waals surface area contributed by atoms with Gasteiger partial charge in [-0.25, -0.2) is 0 Å². The molecule has 118 valence electrons. The Kier molecular flexibility index (Phi) is 5.83. The summed E-state index contributed by atoms with van der Waals surface area (Å²) in [6.07, 6.45) is 3.79. The van der Waals surface area contributed by atoms with E-state index < -0.39 is 0 Å². The average molecular weight is 288 g/mol. The molecule has 0 aliphatic carbocycles. The first-order chi connectivity index (χ1) is 9.97. The molecule has 1 saturated heterocycles. The van der Waals surface area contributed by atoms with Gasteiger partial charge in [0, 0.05) is 12.1 Å². The molecule has 0 aromatic heterocycles. The fourth-order valence-corrected chi connectivity index (χ4v) is 3.11. The molecule has 1 aliphatic rings. The molecule has 0 amide bonds. The van der Waals surface area contributed by atoms with Gasteiger partial charge in [-0.15, -0.1) is 0 Å². The van der Waals surface area contributed by atoms with Gasteiger partial charge in [0.15, 0.2) is 0 Å². The number of rotatable bonds is 7. The molecular weight excluding hydrogens is 256 g/mol. The van der Waals surface area contributed by atoms with Crippen LogP contribution in [0.3, 0.4) is 0 Å². The zero-order chi connectivity index (χ0) is 15.3. The molecule has 0 atom stereocenters. The number of hydrogen-bond acceptors (Lipinski definition) is 2. The number of nitrogens with one attached hydrogen (secondary N) is 1. The molecule has 0 radical (unpaired) electrons. The van der Waals surface area contributed by atoms with Crippen LogP contribution in [0, 0.1) is 5.92 Å². The van der Waals surface area contributed by atoms with Crippen LogP contribution < -0.4 is 5.32 Å². The second-order valence-electron chi connectivity index (χ2n) is 7.50. The molecule has 1 aliphatic heterocycles. The Morgan fingerprint density at radius 3 is 2.38 bits per heavy atom. The maximum atomic E-state index is 3.51. The largest absolute Gasteiger partial charge is 0.316 e. The van der Waals surface area contributed by atoms with E-state index in [2.05, 4.69) is 62.2 Å². The molecule has 0 spiro atoms. The highest BCUT2D eigenvalue weighted by Crippen LogP contribution is 2.29. The topological polar surface area (TPSA) is 15.3 Å². The van der Waals surface area contributed by atoms with Crippen LogP contribution in [-0.4, -0.2) is 30.1 Å². The molecule has 0 unspecified atom stereocenters. The molecular formula is C19H32N2. The SMILES string of the molecule is CC(C)CNCCc1ccc(CN2CCCC2(C)C)cc1. The van der Waals surface area contributed by atoms with E-state index in [1.807, 2.05) is 0 Å². The fourth-order valence-electron chi connectivity index (χ4n) is 3.11. The standard InChI is InChI=1S/C19H32N2/c1-16(2)14-20-12-10-17-6-8-18(9-7-17)15-21-13-5-11-19(21,3)4/h6-9,16,20H,5,10-15H2,1-4H3. The minimum Gasteiger partial charge on any atom is -0.316 e. The van der Waals surface area contributed by atoms with Gasteiger partial charge in [-0.1, -0.05) is 38.1 Å². The van der Waals surface area contributed by atoms with Crippen LogP contribution in [0.25, 0.3) is 0 Å². The van der Waals surface area contributed by atoms with E-state index in [-0.39, 0.29) is 0 Å². The Hall–Kier alpha value is -0.860. The number of likely N-dealkylation sites (tertiary alicyclic amines) is 1. The van der Waals surface area contributed by atoms with Crippen LogP contribution in [0.5, 0.6) is 0 Å². The van der Waals surface area contributed by atoms with Crippen molar-refractivity contribution in [2.75, 3.05) is 19.6 Å². The monoisotopic (exact) mass is 288 g/mol. The Bertz CT molecular complexity index is 420. The van der Waals surface area contributed by atoms with Gasteiger partial charge in [0.1, 0.15) is 0 Å². The van der Waals surface area contributed by atoms with Crippen LogP contribution in [0.15, 0.2) is 24.3 Å². The van der Waals surface area contributed by atoms with Crippen molar-refractivity contribution in [1.82, 2.24) is 10.2 Å². The second-order valence-corrected chi connectivity index (χ2v) is 7.50. The summed E-state index contributed by atoms with van der Waals surface area (Å²) >= 11 is 0. The smallest absolute Gasteiger partial charge is 0.0239 e. The predicted octanol–water partition coefficient (Wildman–Crippen LogP) is 3.85. The van der Waals surface area contributed by atoms with Gasteiger partial charge in [-0.05, 0) is 69.8 Å². The summed E-state index contributed by atoms with van der Waals surface area (Å²) in [6.45, 7) is 13.8. The van der Waals surface area contributed by atoms with Crippen molar-refractivity contribution in [2.45, 2.75) is 59.0 Å². The molecule has 1 N–H and O–H groups in total. The lowest BCUT2D eigenvalue weighted by atomic mass is 10.0. The summed E-state index contributed by atoms with van der Waals surface area (Å²) in [4.78, 5) is 2.62. The minimum atomic E-state index is 0.374. The highest BCUT2D eigenvalue weighted by molar-refractivity contribution is 5.23. The van der Waals surface area contributed by atoms with Gasteiger partial charge in [-0.3, -0.25) is 4.90 Å².